The first kappa shape index (κ1) is 15.6. The van der Waals surface area contributed by atoms with E-state index >= 15 is 0 Å². The zero-order chi connectivity index (χ0) is 4.00. The van der Waals surface area contributed by atoms with Crippen LogP contribution in [0, 0.1) is 0 Å². The van der Waals surface area contributed by atoms with Crippen LogP contribution in [0.15, 0.2) is 0 Å². The van der Waals surface area contributed by atoms with Gasteiger partial charge in [0.05, 0.1) is 0 Å². The molecule has 0 amide bonds. The average Bonchev–Trinajstić information content (AvgIpc) is 1.50. The van der Waals surface area contributed by atoms with Gasteiger partial charge in [0.15, 0.2) is 0 Å². The Hall–Kier alpha value is 2.73. The van der Waals surface area contributed by atoms with Gasteiger partial charge in [0.25, 0.3) is 0 Å². The largest absolute Gasteiger partial charge is 0 e. The van der Waals surface area contributed by atoms with Crippen LogP contribution in [0.1, 0.15) is 0 Å². The molecule has 0 aromatic rings. The van der Waals surface area contributed by atoms with Gasteiger partial charge in [0, 0.05) is 16.5 Å². The third kappa shape index (κ3) is 20.2. The summed E-state index contributed by atoms with van der Waals surface area (Å²) >= 11 is 9.00. The minimum absolute atomic E-state index is 0. The van der Waals surface area contributed by atoms with E-state index < -0.39 is 0 Å². The van der Waals surface area contributed by atoms with E-state index in [2.05, 4.69) is 57.0 Å². The first-order valence-corrected chi connectivity index (χ1v) is 10.8. The molecular formula is As4Ni. The van der Waals surface area contributed by atoms with Crippen LogP contribution in [0.25, 0.3) is 0 Å². The van der Waals surface area contributed by atoms with Gasteiger partial charge in [-0.15, -0.1) is 0 Å². The van der Waals surface area contributed by atoms with Gasteiger partial charge in [-0.05, 0) is 0 Å². The number of hydrogen-bond donors (Lipinski definition) is 0. The normalized spacial score (nSPS) is 1.60. The standard InChI is InChI=1S/2As2.Ni/c2*1-2;. The van der Waals surface area contributed by atoms with Gasteiger partial charge in [0.1, 0.15) is 0 Å². The van der Waals surface area contributed by atoms with E-state index in [9.17, 15) is 0 Å². The van der Waals surface area contributed by atoms with E-state index in [-0.39, 0.29) is 16.5 Å². The Balaban J connectivity index is -0.0000000133. The molecule has 0 aromatic heterocycles. The molecule has 0 fully saturated rings. The van der Waals surface area contributed by atoms with Gasteiger partial charge in [-0.1, -0.05) is 0 Å². The van der Waals surface area contributed by atoms with Crippen LogP contribution in [0.3, 0.4) is 0 Å². The summed E-state index contributed by atoms with van der Waals surface area (Å²) in [5.74, 6) is 0. The molecular weight excluding hydrogens is 358 g/mol. The smallest absolute Gasteiger partial charge is 0 e. The molecule has 0 aliphatic carbocycles. The summed E-state index contributed by atoms with van der Waals surface area (Å²) in [7, 11) is 0. The maximum absolute atomic E-state index is 2.25. The molecule has 0 unspecified atom stereocenters. The second-order valence-corrected chi connectivity index (χ2v) is 0. The second kappa shape index (κ2) is 29.7. The van der Waals surface area contributed by atoms with Crippen LogP contribution in [0.2, 0.25) is 0 Å². The fourth-order valence-corrected chi connectivity index (χ4v) is 0. The molecule has 4 radical (unpaired) electrons. The van der Waals surface area contributed by atoms with Crippen molar-refractivity contribution in [2.45, 2.75) is 0 Å². The van der Waals surface area contributed by atoms with Crippen molar-refractivity contribution < 1.29 is 16.5 Å². The SMILES string of the molecule is [As]=[As].[As]=[As].[Ni]. The molecule has 0 N–H and O–H groups in total. The molecule has 0 nitrogen and oxygen atoms in total. The predicted molar refractivity (Wildman–Crippen MR) is 23.0 cm³/mol. The van der Waals surface area contributed by atoms with Gasteiger partial charge in [-0.2, -0.15) is 0 Å². The molecule has 0 aromatic carbocycles. The summed E-state index contributed by atoms with van der Waals surface area (Å²) < 4.78 is 0. The van der Waals surface area contributed by atoms with Crippen LogP contribution in [0.5, 0.6) is 0 Å². The van der Waals surface area contributed by atoms with Crippen molar-refractivity contribution >= 4 is 57.0 Å². The van der Waals surface area contributed by atoms with E-state index in [4.69, 9.17) is 0 Å². The summed E-state index contributed by atoms with van der Waals surface area (Å²) in [5, 5.41) is 0. The summed E-state index contributed by atoms with van der Waals surface area (Å²) in [4.78, 5) is 0. The van der Waals surface area contributed by atoms with E-state index in [1.54, 1.807) is 0 Å². The minimum atomic E-state index is 0. The van der Waals surface area contributed by atoms with Crippen molar-refractivity contribution in [3.8, 4) is 0 Å². The van der Waals surface area contributed by atoms with Crippen LogP contribution in [-0.2, 0) is 16.5 Å². The van der Waals surface area contributed by atoms with E-state index in [0.717, 1.165) is 0 Å². The van der Waals surface area contributed by atoms with E-state index in [1.807, 2.05) is 0 Å². The van der Waals surface area contributed by atoms with Crippen molar-refractivity contribution in [2.75, 3.05) is 0 Å². The first-order chi connectivity index (χ1) is 2.00. The zero-order valence-corrected chi connectivity index (χ0v) is 10.6. The summed E-state index contributed by atoms with van der Waals surface area (Å²) in [6.07, 6.45) is 0. The summed E-state index contributed by atoms with van der Waals surface area (Å²) in [6, 6.07) is 0. The molecule has 0 heterocycles. The number of hydrogen-bond acceptors (Lipinski definition) is 0. The van der Waals surface area contributed by atoms with Crippen LogP contribution >= 0.6 is 0 Å². The average molecular weight is 358 g/mol. The molecule has 0 bridgehead atoms. The molecule has 5 heteroatoms. The molecule has 0 aliphatic rings. The van der Waals surface area contributed by atoms with Crippen molar-refractivity contribution in [1.29, 1.82) is 0 Å². The molecule has 0 atom stereocenters. The number of rotatable bonds is 0. The Morgan fingerprint density at radius 1 is 0.600 bits per heavy atom. The topological polar surface area (TPSA) is 0 Å². The van der Waals surface area contributed by atoms with Crippen molar-refractivity contribution in [2.24, 2.45) is 0 Å². The molecule has 5 heavy (non-hydrogen) atoms. The summed E-state index contributed by atoms with van der Waals surface area (Å²) in [5.41, 5.74) is 0. The molecule has 0 saturated heterocycles. The third-order valence-corrected chi connectivity index (χ3v) is 0. The van der Waals surface area contributed by atoms with Gasteiger partial charge >= 0.3 is 57.0 Å². The molecule has 0 aliphatic heterocycles. The molecule has 0 rings (SSSR count). The zero-order valence-electron chi connectivity index (χ0n) is 2.11. The Kier molecular flexibility index (Phi) is 92.9. The van der Waals surface area contributed by atoms with Gasteiger partial charge in [-0.3, -0.25) is 0 Å². The predicted octanol–water partition coefficient (Wildman–Crippen LogP) is -1.53. The van der Waals surface area contributed by atoms with Gasteiger partial charge in [-0.25, -0.2) is 0 Å². The van der Waals surface area contributed by atoms with Gasteiger partial charge < -0.3 is 0 Å². The van der Waals surface area contributed by atoms with E-state index in [0.29, 0.717) is 0 Å². The van der Waals surface area contributed by atoms with Crippen LogP contribution in [-0.4, -0.2) is 57.0 Å². The fraction of sp³-hybridized carbons (Fsp3) is 0. The monoisotopic (exact) mass is 358 g/mol. The maximum Gasteiger partial charge on any atom is 0 e. The Bertz CT molecular complexity index is 5.61. The summed E-state index contributed by atoms with van der Waals surface area (Å²) in [6.45, 7) is 0. The Labute approximate surface area is 72.3 Å². The van der Waals surface area contributed by atoms with Crippen LogP contribution < -0.4 is 0 Å². The molecule has 0 spiro atoms. The van der Waals surface area contributed by atoms with Crippen molar-refractivity contribution in [3.63, 3.8) is 0 Å². The third-order valence-electron chi connectivity index (χ3n) is 0. The van der Waals surface area contributed by atoms with Crippen molar-refractivity contribution in [1.82, 2.24) is 0 Å². The first-order valence-electron chi connectivity index (χ1n) is 0.400. The maximum atomic E-state index is 2.25. The van der Waals surface area contributed by atoms with Gasteiger partial charge in [0.2, 0.25) is 0 Å². The van der Waals surface area contributed by atoms with E-state index in [1.165, 1.54) is 0 Å². The Morgan fingerprint density at radius 3 is 0.600 bits per heavy atom. The van der Waals surface area contributed by atoms with Crippen molar-refractivity contribution in [3.05, 3.63) is 0 Å². The molecule has 0 saturated carbocycles. The minimum Gasteiger partial charge on any atom is 0 e. The van der Waals surface area contributed by atoms with Crippen LogP contribution in [0.4, 0.5) is 0 Å². The molecule has 30 valence electrons. The quantitative estimate of drug-likeness (QED) is 0.461. The second-order valence-electron chi connectivity index (χ2n) is 0. The fourth-order valence-electron chi connectivity index (χ4n) is 0. The Morgan fingerprint density at radius 2 is 0.600 bits per heavy atom.